The van der Waals surface area contributed by atoms with Crippen molar-refractivity contribution in [3.8, 4) is 0 Å². The van der Waals surface area contributed by atoms with Crippen LogP contribution in [0, 0.1) is 0 Å². The molecule has 1 aromatic carbocycles. The van der Waals surface area contributed by atoms with Crippen molar-refractivity contribution in [2.24, 2.45) is 0 Å². The molecule has 0 saturated carbocycles. The number of rotatable bonds is 5. The molecule has 1 rings (SSSR count). The molecule has 3 N–H and O–H groups in total. The third-order valence-electron chi connectivity index (χ3n) is 1.79. The van der Waals surface area contributed by atoms with Gasteiger partial charge in [0.25, 0.3) is 0 Å². The van der Waals surface area contributed by atoms with Crippen LogP contribution in [-0.4, -0.2) is 19.5 Å². The van der Waals surface area contributed by atoms with E-state index in [-0.39, 0.29) is 24.9 Å². The lowest BCUT2D eigenvalue weighted by Crippen LogP contribution is -2.39. The molecule has 0 spiro atoms. The van der Waals surface area contributed by atoms with Crippen molar-refractivity contribution in [1.82, 2.24) is 16.2 Å². The Morgan fingerprint density at radius 3 is 2.47 bits per heavy atom. The van der Waals surface area contributed by atoms with Crippen LogP contribution in [0.25, 0.3) is 0 Å². The van der Waals surface area contributed by atoms with Gasteiger partial charge in [-0.2, -0.15) is 0 Å². The van der Waals surface area contributed by atoms with E-state index in [9.17, 15) is 4.79 Å². The molecule has 0 saturated heterocycles. The summed E-state index contributed by atoms with van der Waals surface area (Å²) in [6.45, 7) is 0.987. The third kappa shape index (κ3) is 6.06. The van der Waals surface area contributed by atoms with Gasteiger partial charge in [0, 0.05) is 13.6 Å². The van der Waals surface area contributed by atoms with E-state index in [0.29, 0.717) is 6.54 Å². The number of hydrogen-bond donors (Lipinski definition) is 3. The summed E-state index contributed by atoms with van der Waals surface area (Å²) in [4.78, 5) is 10.8. The molecule has 0 aliphatic heterocycles. The van der Waals surface area contributed by atoms with Gasteiger partial charge in [-0.1, -0.05) is 30.3 Å². The molecule has 0 radical (unpaired) electrons. The van der Waals surface area contributed by atoms with E-state index in [1.165, 1.54) is 5.56 Å². The molecule has 0 atom stereocenters. The minimum Gasteiger partial charge on any atom is -0.358 e. The van der Waals surface area contributed by atoms with Crippen LogP contribution in [-0.2, 0) is 11.3 Å². The van der Waals surface area contributed by atoms with Gasteiger partial charge >= 0.3 is 0 Å². The lowest BCUT2D eigenvalue weighted by molar-refractivity contribution is -0.119. The average Bonchev–Trinajstić information content (AvgIpc) is 2.25. The van der Waals surface area contributed by atoms with Crippen LogP contribution in [0.5, 0.6) is 0 Å². The quantitative estimate of drug-likeness (QED) is 0.508. The van der Waals surface area contributed by atoms with Gasteiger partial charge in [0.1, 0.15) is 0 Å². The summed E-state index contributed by atoms with van der Waals surface area (Å²) in [5, 5.41) is 2.52. The normalized spacial score (nSPS) is 9.13. The van der Waals surface area contributed by atoms with E-state index < -0.39 is 0 Å². The zero-order valence-corrected chi connectivity index (χ0v) is 9.43. The summed E-state index contributed by atoms with van der Waals surface area (Å²) < 4.78 is 0. The number of likely N-dealkylation sites (N-methyl/N-ethyl adjacent to an activating group) is 1. The summed E-state index contributed by atoms with van der Waals surface area (Å²) >= 11 is 0. The molecule has 0 fully saturated rings. The number of amides is 1. The van der Waals surface area contributed by atoms with Gasteiger partial charge in [-0.15, -0.1) is 12.4 Å². The van der Waals surface area contributed by atoms with Gasteiger partial charge in [-0.3, -0.25) is 10.2 Å². The topological polar surface area (TPSA) is 53.2 Å². The molecular formula is C10H16ClN3O. The van der Waals surface area contributed by atoms with Crippen molar-refractivity contribution < 1.29 is 4.79 Å². The molecule has 15 heavy (non-hydrogen) atoms. The van der Waals surface area contributed by atoms with Crippen LogP contribution in [0.4, 0.5) is 0 Å². The lowest BCUT2D eigenvalue weighted by Gasteiger charge is -2.05. The molecule has 0 unspecified atom stereocenters. The van der Waals surface area contributed by atoms with Crippen molar-refractivity contribution in [2.75, 3.05) is 13.6 Å². The first kappa shape index (κ1) is 13.9. The third-order valence-corrected chi connectivity index (χ3v) is 1.79. The molecular weight excluding hydrogens is 214 g/mol. The highest BCUT2D eigenvalue weighted by Gasteiger charge is 1.95. The maximum absolute atomic E-state index is 10.8. The standard InChI is InChI=1S/C10H15N3O.ClH/c1-11-10(14)8-13-12-7-9-5-3-2-4-6-9;/h2-6,12-13H,7-8H2,1H3,(H,11,14);1H. The van der Waals surface area contributed by atoms with E-state index >= 15 is 0 Å². The number of carbonyl (C=O) groups excluding carboxylic acids is 1. The largest absolute Gasteiger partial charge is 0.358 e. The predicted octanol–water partition coefficient (Wildman–Crippen LogP) is 0.449. The molecule has 5 heteroatoms. The Kier molecular flexibility index (Phi) is 7.62. The van der Waals surface area contributed by atoms with E-state index in [2.05, 4.69) is 16.2 Å². The summed E-state index contributed by atoms with van der Waals surface area (Å²) in [5.74, 6) is -0.0365. The van der Waals surface area contributed by atoms with Crippen LogP contribution < -0.4 is 16.2 Å². The van der Waals surface area contributed by atoms with Crippen LogP contribution in [0.2, 0.25) is 0 Å². The van der Waals surface area contributed by atoms with Crippen molar-refractivity contribution >= 4 is 18.3 Å². The Bertz CT molecular complexity index is 279. The number of halogens is 1. The van der Waals surface area contributed by atoms with Gasteiger partial charge in [0.2, 0.25) is 5.91 Å². The van der Waals surface area contributed by atoms with Gasteiger partial charge < -0.3 is 5.32 Å². The lowest BCUT2D eigenvalue weighted by atomic mass is 10.2. The Morgan fingerprint density at radius 2 is 1.87 bits per heavy atom. The van der Waals surface area contributed by atoms with Crippen LogP contribution >= 0.6 is 12.4 Å². The fraction of sp³-hybridized carbons (Fsp3) is 0.300. The van der Waals surface area contributed by atoms with Crippen molar-refractivity contribution in [2.45, 2.75) is 6.54 Å². The monoisotopic (exact) mass is 229 g/mol. The van der Waals surface area contributed by atoms with Crippen LogP contribution in [0.1, 0.15) is 5.56 Å². The van der Waals surface area contributed by atoms with E-state index in [4.69, 9.17) is 0 Å². The van der Waals surface area contributed by atoms with Crippen LogP contribution in [0.15, 0.2) is 30.3 Å². The second-order valence-electron chi connectivity index (χ2n) is 2.87. The Balaban J connectivity index is 0.00000196. The van der Waals surface area contributed by atoms with Crippen molar-refractivity contribution in [3.63, 3.8) is 0 Å². The number of nitrogens with one attached hydrogen (secondary N) is 3. The maximum atomic E-state index is 10.8. The molecule has 4 nitrogen and oxygen atoms in total. The predicted molar refractivity (Wildman–Crippen MR) is 62.6 cm³/mol. The number of carbonyl (C=O) groups is 1. The van der Waals surface area contributed by atoms with Gasteiger partial charge in [0.15, 0.2) is 0 Å². The van der Waals surface area contributed by atoms with Gasteiger partial charge in [-0.05, 0) is 5.56 Å². The maximum Gasteiger partial charge on any atom is 0.235 e. The molecule has 0 heterocycles. The van der Waals surface area contributed by atoms with Crippen molar-refractivity contribution in [1.29, 1.82) is 0 Å². The molecule has 0 aliphatic rings. The number of hydrazine groups is 1. The van der Waals surface area contributed by atoms with E-state index in [1.54, 1.807) is 7.05 Å². The zero-order chi connectivity index (χ0) is 10.2. The Hall–Kier alpha value is -1.10. The first-order valence-electron chi connectivity index (χ1n) is 4.53. The first-order valence-corrected chi connectivity index (χ1v) is 4.53. The van der Waals surface area contributed by atoms with E-state index in [1.807, 2.05) is 30.3 Å². The number of hydrogen-bond acceptors (Lipinski definition) is 3. The van der Waals surface area contributed by atoms with Crippen LogP contribution in [0.3, 0.4) is 0 Å². The fourth-order valence-corrected chi connectivity index (χ4v) is 0.992. The Morgan fingerprint density at radius 1 is 1.20 bits per heavy atom. The number of benzene rings is 1. The summed E-state index contributed by atoms with van der Waals surface area (Å²) in [7, 11) is 1.61. The van der Waals surface area contributed by atoms with Gasteiger partial charge in [-0.25, -0.2) is 5.43 Å². The average molecular weight is 230 g/mol. The summed E-state index contributed by atoms with van der Waals surface area (Å²) in [6.07, 6.45) is 0. The second kappa shape index (κ2) is 8.23. The molecule has 0 bridgehead atoms. The molecule has 0 aliphatic carbocycles. The minimum atomic E-state index is -0.0365. The molecule has 0 aromatic heterocycles. The minimum absolute atomic E-state index is 0. The smallest absolute Gasteiger partial charge is 0.235 e. The zero-order valence-electron chi connectivity index (χ0n) is 8.62. The molecule has 84 valence electrons. The SMILES string of the molecule is CNC(=O)CNNCc1ccccc1.Cl. The molecule has 1 aromatic rings. The first-order chi connectivity index (χ1) is 6.83. The second-order valence-corrected chi connectivity index (χ2v) is 2.87. The summed E-state index contributed by atoms with van der Waals surface area (Å²) in [6, 6.07) is 9.98. The highest BCUT2D eigenvalue weighted by Crippen LogP contribution is 1.95. The summed E-state index contributed by atoms with van der Waals surface area (Å²) in [5.41, 5.74) is 6.96. The highest BCUT2D eigenvalue weighted by molar-refractivity contribution is 5.85. The fourth-order valence-electron chi connectivity index (χ4n) is 0.992. The van der Waals surface area contributed by atoms with Gasteiger partial charge in [0.05, 0.1) is 6.54 Å². The molecule has 1 amide bonds. The highest BCUT2D eigenvalue weighted by atomic mass is 35.5. The van der Waals surface area contributed by atoms with E-state index in [0.717, 1.165) is 0 Å². The van der Waals surface area contributed by atoms with Crippen molar-refractivity contribution in [3.05, 3.63) is 35.9 Å². The Labute approximate surface area is 95.8 Å².